The Morgan fingerprint density at radius 2 is 1.91 bits per heavy atom. The van der Waals surface area contributed by atoms with Crippen LogP contribution in [0.5, 0.6) is 5.75 Å². The van der Waals surface area contributed by atoms with Crippen LogP contribution in [0.25, 0.3) is 0 Å². The van der Waals surface area contributed by atoms with Gasteiger partial charge in [-0.2, -0.15) is 0 Å². The number of urea groups is 1. The van der Waals surface area contributed by atoms with Crippen molar-refractivity contribution in [2.75, 3.05) is 13.2 Å². The predicted molar refractivity (Wildman–Crippen MR) is 90.5 cm³/mol. The van der Waals surface area contributed by atoms with Crippen LogP contribution in [0.2, 0.25) is 0 Å². The number of para-hydroxylation sites is 1. The van der Waals surface area contributed by atoms with Crippen LogP contribution in [0.3, 0.4) is 0 Å². The second-order valence-electron chi connectivity index (χ2n) is 6.04. The summed E-state index contributed by atoms with van der Waals surface area (Å²) >= 11 is 0. The van der Waals surface area contributed by atoms with Crippen molar-refractivity contribution in [1.29, 1.82) is 0 Å². The second-order valence-corrected chi connectivity index (χ2v) is 6.04. The summed E-state index contributed by atoms with van der Waals surface area (Å²) in [6.07, 6.45) is 0.939. The molecule has 2 N–H and O–H groups in total. The van der Waals surface area contributed by atoms with Crippen LogP contribution < -0.4 is 15.4 Å². The van der Waals surface area contributed by atoms with E-state index in [1.807, 2.05) is 49.4 Å². The van der Waals surface area contributed by atoms with Gasteiger partial charge in [-0.15, -0.1) is 0 Å². The summed E-state index contributed by atoms with van der Waals surface area (Å²) in [4.78, 5) is 11.9. The van der Waals surface area contributed by atoms with E-state index in [1.165, 1.54) is 11.1 Å². The largest absolute Gasteiger partial charge is 0.493 e. The Bertz CT molecular complexity index is 667. The van der Waals surface area contributed by atoms with Crippen LogP contribution in [0, 0.1) is 12.8 Å². The molecule has 23 heavy (non-hydrogen) atoms. The van der Waals surface area contributed by atoms with Gasteiger partial charge in [0.05, 0.1) is 6.61 Å². The maximum absolute atomic E-state index is 11.9. The summed E-state index contributed by atoms with van der Waals surface area (Å²) in [6.45, 7) is 3.85. The van der Waals surface area contributed by atoms with Crippen molar-refractivity contribution < 1.29 is 9.53 Å². The Morgan fingerprint density at radius 1 is 1.13 bits per heavy atom. The number of amides is 2. The Morgan fingerprint density at radius 3 is 2.74 bits per heavy atom. The number of benzene rings is 2. The highest BCUT2D eigenvalue weighted by molar-refractivity contribution is 5.73. The van der Waals surface area contributed by atoms with Crippen molar-refractivity contribution in [2.45, 2.75) is 19.9 Å². The molecule has 0 radical (unpaired) electrons. The van der Waals surface area contributed by atoms with Gasteiger partial charge in [0.1, 0.15) is 5.75 Å². The molecule has 2 amide bonds. The molecule has 1 aliphatic rings. The molecule has 4 heteroatoms. The van der Waals surface area contributed by atoms with Crippen LogP contribution in [0.4, 0.5) is 4.79 Å². The van der Waals surface area contributed by atoms with Gasteiger partial charge in [0.15, 0.2) is 0 Å². The molecule has 0 saturated heterocycles. The highest BCUT2D eigenvalue weighted by Crippen LogP contribution is 2.26. The Labute approximate surface area is 136 Å². The molecule has 1 atom stereocenters. The van der Waals surface area contributed by atoms with Gasteiger partial charge in [0.25, 0.3) is 0 Å². The van der Waals surface area contributed by atoms with E-state index in [0.29, 0.717) is 25.6 Å². The normalized spacial score (nSPS) is 16.1. The van der Waals surface area contributed by atoms with Crippen LogP contribution in [0.1, 0.15) is 16.7 Å². The molecule has 4 nitrogen and oxygen atoms in total. The molecule has 1 unspecified atom stereocenters. The first-order valence-electron chi connectivity index (χ1n) is 7.98. The molecule has 0 spiro atoms. The van der Waals surface area contributed by atoms with E-state index in [9.17, 15) is 4.79 Å². The van der Waals surface area contributed by atoms with Gasteiger partial charge in [0, 0.05) is 19.0 Å². The van der Waals surface area contributed by atoms with Gasteiger partial charge < -0.3 is 15.4 Å². The van der Waals surface area contributed by atoms with Gasteiger partial charge in [-0.05, 0) is 30.5 Å². The zero-order chi connectivity index (χ0) is 16.1. The van der Waals surface area contributed by atoms with E-state index in [1.54, 1.807) is 0 Å². The number of nitrogens with one attached hydrogen (secondary N) is 2. The fourth-order valence-electron chi connectivity index (χ4n) is 2.71. The smallest absolute Gasteiger partial charge is 0.315 e. The van der Waals surface area contributed by atoms with E-state index < -0.39 is 0 Å². The Kier molecular flexibility index (Phi) is 4.81. The lowest BCUT2D eigenvalue weighted by atomic mass is 9.97. The summed E-state index contributed by atoms with van der Waals surface area (Å²) in [6, 6.07) is 16.1. The molecule has 0 saturated carbocycles. The number of carbonyl (C=O) groups is 1. The number of hydrogen-bond acceptors (Lipinski definition) is 2. The SMILES string of the molecule is Cc1ccc(CNC(=O)NCC2COc3ccccc3C2)cc1. The number of carbonyl (C=O) groups excluding carboxylic acids is 1. The molecule has 0 fully saturated rings. The fourth-order valence-corrected chi connectivity index (χ4v) is 2.71. The molecule has 0 aliphatic carbocycles. The fraction of sp³-hybridized carbons (Fsp3) is 0.316. The van der Waals surface area contributed by atoms with E-state index >= 15 is 0 Å². The van der Waals surface area contributed by atoms with Gasteiger partial charge in [0.2, 0.25) is 0 Å². The van der Waals surface area contributed by atoms with Gasteiger partial charge >= 0.3 is 6.03 Å². The minimum Gasteiger partial charge on any atom is -0.493 e. The van der Waals surface area contributed by atoms with Gasteiger partial charge in [-0.3, -0.25) is 0 Å². The number of ether oxygens (including phenoxy) is 1. The lowest BCUT2D eigenvalue weighted by Gasteiger charge is -2.25. The maximum Gasteiger partial charge on any atom is 0.315 e. The third kappa shape index (κ3) is 4.25. The summed E-state index contributed by atoms with van der Waals surface area (Å²) in [5, 5.41) is 5.82. The molecule has 120 valence electrons. The standard InChI is InChI=1S/C19H22N2O2/c1-14-6-8-15(9-7-14)11-20-19(22)21-12-16-10-17-4-2-3-5-18(17)23-13-16/h2-9,16H,10-13H2,1H3,(H2,20,21,22). The summed E-state index contributed by atoms with van der Waals surface area (Å²) in [5.74, 6) is 1.28. The van der Waals surface area contributed by atoms with Crippen LogP contribution >= 0.6 is 0 Å². The van der Waals surface area contributed by atoms with Crippen molar-refractivity contribution in [3.63, 3.8) is 0 Å². The molecular formula is C19H22N2O2. The quantitative estimate of drug-likeness (QED) is 0.912. The average molecular weight is 310 g/mol. The van der Waals surface area contributed by atoms with E-state index in [0.717, 1.165) is 17.7 Å². The zero-order valence-electron chi connectivity index (χ0n) is 13.3. The Hall–Kier alpha value is -2.49. The third-order valence-corrected chi connectivity index (χ3v) is 4.08. The van der Waals surface area contributed by atoms with Crippen molar-refractivity contribution in [3.8, 4) is 5.75 Å². The topological polar surface area (TPSA) is 50.4 Å². The van der Waals surface area contributed by atoms with Crippen molar-refractivity contribution in [2.24, 2.45) is 5.92 Å². The van der Waals surface area contributed by atoms with E-state index in [-0.39, 0.29) is 6.03 Å². The molecular weight excluding hydrogens is 288 g/mol. The molecule has 0 bridgehead atoms. The molecule has 1 heterocycles. The molecule has 0 aromatic heterocycles. The zero-order valence-corrected chi connectivity index (χ0v) is 13.3. The first-order valence-corrected chi connectivity index (χ1v) is 7.98. The monoisotopic (exact) mass is 310 g/mol. The lowest BCUT2D eigenvalue weighted by molar-refractivity contribution is 0.211. The minimum absolute atomic E-state index is 0.135. The van der Waals surface area contributed by atoms with Crippen molar-refractivity contribution >= 4 is 6.03 Å². The number of rotatable bonds is 4. The van der Waals surface area contributed by atoms with Crippen LogP contribution in [0.15, 0.2) is 48.5 Å². The van der Waals surface area contributed by atoms with Gasteiger partial charge in [-0.1, -0.05) is 48.0 Å². The number of aryl methyl sites for hydroxylation is 1. The maximum atomic E-state index is 11.9. The average Bonchev–Trinajstić information content (AvgIpc) is 2.59. The first-order chi connectivity index (χ1) is 11.2. The molecule has 1 aliphatic heterocycles. The molecule has 3 rings (SSSR count). The highest BCUT2D eigenvalue weighted by atomic mass is 16.5. The predicted octanol–water partition coefficient (Wildman–Crippen LogP) is 3.05. The summed E-state index contributed by atoms with van der Waals surface area (Å²) in [5.41, 5.74) is 3.53. The summed E-state index contributed by atoms with van der Waals surface area (Å²) < 4.78 is 5.74. The van der Waals surface area contributed by atoms with Gasteiger partial charge in [-0.25, -0.2) is 4.79 Å². The third-order valence-electron chi connectivity index (χ3n) is 4.08. The highest BCUT2D eigenvalue weighted by Gasteiger charge is 2.19. The van der Waals surface area contributed by atoms with Crippen molar-refractivity contribution in [1.82, 2.24) is 10.6 Å². The van der Waals surface area contributed by atoms with Crippen LogP contribution in [-0.4, -0.2) is 19.2 Å². The lowest BCUT2D eigenvalue weighted by Crippen LogP contribution is -2.40. The molecule has 2 aromatic carbocycles. The minimum atomic E-state index is -0.135. The van der Waals surface area contributed by atoms with Crippen LogP contribution in [-0.2, 0) is 13.0 Å². The molecule has 2 aromatic rings. The van der Waals surface area contributed by atoms with E-state index in [4.69, 9.17) is 4.74 Å². The summed E-state index contributed by atoms with van der Waals surface area (Å²) in [7, 11) is 0. The van der Waals surface area contributed by atoms with Crippen molar-refractivity contribution in [3.05, 3.63) is 65.2 Å². The van der Waals surface area contributed by atoms with E-state index in [2.05, 4.69) is 16.7 Å². The second kappa shape index (κ2) is 7.18. The number of fused-ring (bicyclic) bond motifs is 1. The Balaban J connectivity index is 1.42. The first kappa shape index (κ1) is 15.4. The number of hydrogen-bond donors (Lipinski definition) is 2.